The van der Waals surface area contributed by atoms with E-state index in [4.69, 9.17) is 10.5 Å². The average Bonchev–Trinajstić information content (AvgIpc) is 2.67. The fourth-order valence-corrected chi connectivity index (χ4v) is 3.47. The Hall–Kier alpha value is -3.53. The number of aromatic hydroxyl groups is 1. The van der Waals surface area contributed by atoms with Crippen LogP contribution in [0.3, 0.4) is 0 Å². The number of para-hydroxylation sites is 1. The molecule has 3 N–H and O–H groups in total. The number of carbonyl (C=O) groups excluding carboxylic acids is 1. The lowest BCUT2D eigenvalue weighted by atomic mass is 9.87. The first-order valence-corrected chi connectivity index (χ1v) is 9.01. The van der Waals surface area contributed by atoms with E-state index in [1.807, 2.05) is 0 Å². The van der Waals surface area contributed by atoms with Gasteiger partial charge in [0, 0.05) is 24.6 Å². The van der Waals surface area contributed by atoms with Crippen molar-refractivity contribution in [3.63, 3.8) is 0 Å². The van der Waals surface area contributed by atoms with Gasteiger partial charge in [0.15, 0.2) is 0 Å². The number of nitrogen functional groups attached to an aromatic ring is 1. The highest BCUT2D eigenvalue weighted by Crippen LogP contribution is 2.36. The van der Waals surface area contributed by atoms with Crippen molar-refractivity contribution in [3.8, 4) is 23.1 Å². The molecule has 2 heterocycles. The van der Waals surface area contributed by atoms with Crippen molar-refractivity contribution in [3.05, 3.63) is 53.8 Å². The third kappa shape index (κ3) is 3.91. The molecule has 0 bridgehead atoms. The maximum Gasteiger partial charge on any atom is 0.414 e. The van der Waals surface area contributed by atoms with Crippen LogP contribution >= 0.6 is 0 Å². The number of rotatable bonds is 3. The van der Waals surface area contributed by atoms with Gasteiger partial charge in [0.2, 0.25) is 0 Å². The number of anilines is 1. The van der Waals surface area contributed by atoms with Crippen molar-refractivity contribution in [2.75, 3.05) is 18.8 Å². The van der Waals surface area contributed by atoms with Crippen molar-refractivity contribution in [2.24, 2.45) is 0 Å². The van der Waals surface area contributed by atoms with Crippen LogP contribution in [0.1, 0.15) is 36.8 Å². The second-order valence-corrected chi connectivity index (χ2v) is 6.84. The van der Waals surface area contributed by atoms with E-state index in [1.165, 1.54) is 0 Å². The summed E-state index contributed by atoms with van der Waals surface area (Å²) in [6.07, 6.45) is 1.13. The Kier molecular flexibility index (Phi) is 5.50. The second-order valence-electron chi connectivity index (χ2n) is 6.84. The minimum Gasteiger partial charge on any atom is -0.507 e. The van der Waals surface area contributed by atoms with Gasteiger partial charge in [-0.15, -0.1) is 0 Å². The Bertz CT molecular complexity index is 965. The van der Waals surface area contributed by atoms with Crippen LogP contribution in [-0.4, -0.2) is 34.2 Å². The molecular formula is C21H22N4O3. The summed E-state index contributed by atoms with van der Waals surface area (Å²) < 4.78 is 5.12. The summed E-state index contributed by atoms with van der Waals surface area (Å²) in [6, 6.07) is 10.7. The zero-order valence-corrected chi connectivity index (χ0v) is 15.7. The number of ether oxygens (including phenoxy) is 1. The molecule has 28 heavy (non-hydrogen) atoms. The molecule has 1 aromatic carbocycles. The number of pyridine rings is 1. The van der Waals surface area contributed by atoms with Crippen molar-refractivity contribution in [1.82, 2.24) is 9.88 Å². The number of likely N-dealkylation sites (tertiary alicyclic amines) is 1. The van der Waals surface area contributed by atoms with E-state index in [2.05, 4.69) is 17.6 Å². The van der Waals surface area contributed by atoms with Gasteiger partial charge >= 0.3 is 6.09 Å². The monoisotopic (exact) mass is 378 g/mol. The fraction of sp³-hybridized carbons (Fsp3) is 0.286. The van der Waals surface area contributed by atoms with Crippen LogP contribution in [0.5, 0.6) is 5.75 Å². The molecule has 0 saturated carbocycles. The maximum atomic E-state index is 12.2. The molecular weight excluding hydrogens is 356 g/mol. The molecule has 0 spiro atoms. The van der Waals surface area contributed by atoms with Gasteiger partial charge in [-0.3, -0.25) is 0 Å². The normalized spacial score (nSPS) is 16.3. The maximum absolute atomic E-state index is 12.2. The molecule has 2 aromatic rings. The molecule has 3 rings (SSSR count). The Morgan fingerprint density at radius 3 is 2.89 bits per heavy atom. The van der Waals surface area contributed by atoms with Crippen LogP contribution < -0.4 is 5.73 Å². The van der Waals surface area contributed by atoms with Gasteiger partial charge < -0.3 is 20.5 Å². The molecule has 1 unspecified atom stereocenters. The number of benzene rings is 1. The summed E-state index contributed by atoms with van der Waals surface area (Å²) in [7, 11) is 0. The van der Waals surface area contributed by atoms with Gasteiger partial charge in [0.05, 0.1) is 17.0 Å². The molecule has 1 aliphatic rings. The quantitative estimate of drug-likeness (QED) is 0.787. The third-order valence-corrected chi connectivity index (χ3v) is 4.75. The number of nitrogens with two attached hydrogens (primary N) is 1. The number of hydrogen-bond donors (Lipinski definition) is 2. The van der Waals surface area contributed by atoms with Gasteiger partial charge in [0.1, 0.15) is 17.6 Å². The third-order valence-electron chi connectivity index (χ3n) is 4.75. The van der Waals surface area contributed by atoms with Crippen LogP contribution in [-0.2, 0) is 4.74 Å². The number of phenolic OH excluding ortho intramolecular Hbond substituents is 1. The topological polar surface area (TPSA) is 112 Å². The van der Waals surface area contributed by atoms with E-state index in [0.717, 1.165) is 18.4 Å². The molecule has 0 radical (unpaired) electrons. The highest BCUT2D eigenvalue weighted by atomic mass is 16.6. The predicted octanol–water partition coefficient (Wildman–Crippen LogP) is 3.76. The van der Waals surface area contributed by atoms with Gasteiger partial charge in [0.25, 0.3) is 0 Å². The molecule has 1 saturated heterocycles. The first-order valence-electron chi connectivity index (χ1n) is 9.01. The number of piperidine rings is 1. The van der Waals surface area contributed by atoms with Crippen LogP contribution in [0, 0.1) is 11.3 Å². The zero-order chi connectivity index (χ0) is 20.3. The summed E-state index contributed by atoms with van der Waals surface area (Å²) >= 11 is 0. The minimum atomic E-state index is -0.446. The van der Waals surface area contributed by atoms with Gasteiger partial charge in [-0.25, -0.2) is 9.78 Å². The summed E-state index contributed by atoms with van der Waals surface area (Å²) in [5, 5.41) is 19.8. The molecule has 1 aromatic heterocycles. The standard InChI is InChI=1S/C21H22N4O3/c1-13(2)28-21(27)25-9-5-6-14(12-25)16-10-18(24-20(23)17(16)11-22)15-7-3-4-8-19(15)26/h3-4,7-8,10,14,26H,1,5-6,9,12H2,2H3,(H2,23,24). The van der Waals surface area contributed by atoms with E-state index in [9.17, 15) is 15.2 Å². The number of allylic oxidation sites excluding steroid dienone is 1. The molecule has 144 valence electrons. The SMILES string of the molecule is C=C(C)OC(=O)N1CCCC(c2cc(-c3ccccc3O)nc(N)c2C#N)C1. The van der Waals surface area contributed by atoms with Gasteiger partial charge in [-0.05, 0) is 43.5 Å². The van der Waals surface area contributed by atoms with Gasteiger partial charge in [-0.1, -0.05) is 18.7 Å². The first-order chi connectivity index (χ1) is 13.4. The lowest BCUT2D eigenvalue weighted by molar-refractivity contribution is 0.116. The molecule has 7 nitrogen and oxygen atoms in total. The van der Waals surface area contributed by atoms with Crippen LogP contribution in [0.15, 0.2) is 42.7 Å². The Labute approximate surface area is 163 Å². The molecule has 1 fully saturated rings. The lowest BCUT2D eigenvalue weighted by Gasteiger charge is -2.32. The van der Waals surface area contributed by atoms with Crippen LogP contribution in [0.2, 0.25) is 0 Å². The highest BCUT2D eigenvalue weighted by Gasteiger charge is 2.29. The summed E-state index contributed by atoms with van der Waals surface area (Å²) in [6.45, 7) is 6.21. The number of hydrogen-bond acceptors (Lipinski definition) is 6. The van der Waals surface area contributed by atoms with E-state index in [-0.39, 0.29) is 17.5 Å². The summed E-state index contributed by atoms with van der Waals surface area (Å²) in [4.78, 5) is 18.2. The van der Waals surface area contributed by atoms with E-state index >= 15 is 0 Å². The zero-order valence-electron chi connectivity index (χ0n) is 15.7. The largest absolute Gasteiger partial charge is 0.507 e. The summed E-state index contributed by atoms with van der Waals surface area (Å²) in [5.74, 6) is 0.441. The number of phenols is 1. The number of amides is 1. The number of carbonyl (C=O) groups is 1. The first kappa shape index (κ1) is 19.2. The number of nitriles is 1. The highest BCUT2D eigenvalue weighted by molar-refractivity contribution is 5.72. The molecule has 1 atom stereocenters. The van der Waals surface area contributed by atoms with Gasteiger partial charge in [-0.2, -0.15) is 5.26 Å². The van der Waals surface area contributed by atoms with E-state index in [1.54, 1.807) is 42.2 Å². The van der Waals surface area contributed by atoms with Crippen molar-refractivity contribution < 1.29 is 14.6 Å². The fourth-order valence-electron chi connectivity index (χ4n) is 3.47. The smallest absolute Gasteiger partial charge is 0.414 e. The second kappa shape index (κ2) is 8.01. The molecule has 0 aliphatic carbocycles. The van der Waals surface area contributed by atoms with E-state index in [0.29, 0.717) is 35.7 Å². The van der Waals surface area contributed by atoms with Crippen molar-refractivity contribution in [2.45, 2.75) is 25.7 Å². The van der Waals surface area contributed by atoms with Crippen LogP contribution in [0.25, 0.3) is 11.3 Å². The molecule has 1 amide bonds. The van der Waals surface area contributed by atoms with Crippen LogP contribution in [0.4, 0.5) is 10.6 Å². The average molecular weight is 378 g/mol. The van der Waals surface area contributed by atoms with Crippen molar-refractivity contribution >= 4 is 11.9 Å². The predicted molar refractivity (Wildman–Crippen MR) is 105 cm³/mol. The lowest BCUT2D eigenvalue weighted by Crippen LogP contribution is -2.39. The Balaban J connectivity index is 1.98. The van der Waals surface area contributed by atoms with E-state index < -0.39 is 6.09 Å². The minimum absolute atomic E-state index is 0.0837. The number of nitrogens with zero attached hydrogens (tertiary/aromatic N) is 3. The Morgan fingerprint density at radius 1 is 1.46 bits per heavy atom. The van der Waals surface area contributed by atoms with Crippen molar-refractivity contribution in [1.29, 1.82) is 5.26 Å². The molecule has 7 heteroatoms. The number of aromatic nitrogens is 1. The Morgan fingerprint density at radius 2 is 2.21 bits per heavy atom. The summed E-state index contributed by atoms with van der Waals surface area (Å²) in [5.41, 5.74) is 8.11. The molecule has 1 aliphatic heterocycles.